The molecule has 0 aromatic heterocycles. The zero-order chi connectivity index (χ0) is 26.3. The molecular weight excluding hydrogens is 497 g/mol. The van der Waals surface area contributed by atoms with Gasteiger partial charge in [-0.2, -0.15) is 0 Å². The number of methoxy groups -OCH3 is 2. The van der Waals surface area contributed by atoms with Crippen molar-refractivity contribution in [1.82, 2.24) is 0 Å². The minimum Gasteiger partial charge on any atom is -1.00 e. The van der Waals surface area contributed by atoms with E-state index in [-0.39, 0.29) is 18.2 Å². The molecule has 0 spiro atoms. The molecule has 0 radical (unpaired) electrons. The van der Waals surface area contributed by atoms with Crippen molar-refractivity contribution in [3.63, 3.8) is 0 Å². The molecule has 2 aromatic rings. The number of benzene rings is 2. The lowest BCUT2D eigenvalue weighted by Crippen LogP contribution is -3.00. The molecular formula is C33H49ClFNO2. The molecule has 0 saturated carbocycles. The Balaban J connectivity index is 0.00000507. The van der Waals surface area contributed by atoms with Crippen molar-refractivity contribution >= 4 is 5.71 Å². The van der Waals surface area contributed by atoms with Gasteiger partial charge in [0.05, 0.1) is 19.8 Å². The van der Waals surface area contributed by atoms with Gasteiger partial charge in [0.1, 0.15) is 12.4 Å². The second kappa shape index (κ2) is 18.3. The van der Waals surface area contributed by atoms with Crippen LogP contribution in [-0.4, -0.2) is 31.1 Å². The van der Waals surface area contributed by atoms with E-state index in [0.717, 1.165) is 42.9 Å². The lowest BCUT2D eigenvalue weighted by Gasteiger charge is -2.21. The van der Waals surface area contributed by atoms with Crippen molar-refractivity contribution in [1.29, 1.82) is 0 Å². The maximum atomic E-state index is 14.5. The van der Waals surface area contributed by atoms with E-state index < -0.39 is 0 Å². The molecule has 3 nitrogen and oxygen atoms in total. The third kappa shape index (κ3) is 9.91. The fourth-order valence-corrected chi connectivity index (χ4v) is 5.57. The molecule has 0 aliphatic carbocycles. The average Bonchev–Trinajstić information content (AvgIpc) is 2.92. The molecule has 5 heteroatoms. The minimum absolute atomic E-state index is 0. The maximum Gasteiger partial charge on any atom is 0.184 e. The van der Waals surface area contributed by atoms with Crippen LogP contribution in [-0.2, 0) is 13.0 Å². The quantitative estimate of drug-likeness (QED) is 0.172. The van der Waals surface area contributed by atoms with E-state index in [4.69, 9.17) is 9.47 Å². The fraction of sp³-hybridized carbons (Fsp3) is 0.606. The van der Waals surface area contributed by atoms with Crippen LogP contribution in [0.5, 0.6) is 11.5 Å². The van der Waals surface area contributed by atoms with E-state index in [1.165, 1.54) is 93.9 Å². The second-order valence-corrected chi connectivity index (χ2v) is 10.6. The Hall–Kier alpha value is -2.07. The van der Waals surface area contributed by atoms with Crippen LogP contribution in [0.2, 0.25) is 0 Å². The monoisotopic (exact) mass is 545 g/mol. The minimum atomic E-state index is -0.124. The molecule has 0 atom stereocenters. The summed E-state index contributed by atoms with van der Waals surface area (Å²) in [6, 6.07) is 11.4. The van der Waals surface area contributed by atoms with Crippen LogP contribution in [0, 0.1) is 5.82 Å². The highest BCUT2D eigenvalue weighted by atomic mass is 35.5. The van der Waals surface area contributed by atoms with E-state index in [9.17, 15) is 4.39 Å². The van der Waals surface area contributed by atoms with Crippen LogP contribution < -0.4 is 21.9 Å². The van der Waals surface area contributed by atoms with Gasteiger partial charge in [0.25, 0.3) is 0 Å². The SMILES string of the molecule is CCCCCCCCCCCCCCCC1=[N+](Cc2ccccc2F)CCc2cc(OC)c(OC)cc21.[Cl-]. The number of ether oxygens (including phenoxy) is 2. The summed E-state index contributed by atoms with van der Waals surface area (Å²) in [7, 11) is 3.38. The molecule has 1 heterocycles. The van der Waals surface area contributed by atoms with Gasteiger partial charge >= 0.3 is 0 Å². The van der Waals surface area contributed by atoms with Gasteiger partial charge in [-0.3, -0.25) is 0 Å². The third-order valence-electron chi connectivity index (χ3n) is 7.79. The molecule has 2 aromatic carbocycles. The van der Waals surface area contributed by atoms with Crippen LogP contribution in [0.15, 0.2) is 36.4 Å². The number of rotatable bonds is 18. The summed E-state index contributed by atoms with van der Waals surface area (Å²) in [5.74, 6) is 1.42. The number of hydrogen-bond donors (Lipinski definition) is 0. The molecule has 38 heavy (non-hydrogen) atoms. The average molecular weight is 546 g/mol. The summed E-state index contributed by atoms with van der Waals surface area (Å²) in [6.07, 6.45) is 19.5. The van der Waals surface area contributed by atoms with Gasteiger partial charge < -0.3 is 21.9 Å². The predicted molar refractivity (Wildman–Crippen MR) is 153 cm³/mol. The van der Waals surface area contributed by atoms with Gasteiger partial charge in [0.2, 0.25) is 0 Å². The molecule has 1 aliphatic rings. The topological polar surface area (TPSA) is 21.5 Å². The molecule has 0 unspecified atom stereocenters. The Kier molecular flexibility index (Phi) is 15.4. The first-order valence-electron chi connectivity index (χ1n) is 14.8. The van der Waals surface area contributed by atoms with Gasteiger partial charge in [0.15, 0.2) is 23.8 Å². The number of halogens is 2. The first-order chi connectivity index (χ1) is 18.2. The van der Waals surface area contributed by atoms with Crippen LogP contribution in [0.4, 0.5) is 4.39 Å². The highest BCUT2D eigenvalue weighted by Crippen LogP contribution is 2.33. The lowest BCUT2D eigenvalue weighted by atomic mass is 9.92. The third-order valence-corrected chi connectivity index (χ3v) is 7.79. The standard InChI is InChI=1S/C33H49FNO2.ClH/c1-4-5-6-7-8-9-10-11-12-13-14-15-16-21-31-29-25-33(37-3)32(36-2)24-27(29)22-23-35(31)26-28-19-17-18-20-30(28)34;/h17-20,24-25H,4-16,21-23,26H2,1-3H3;1H/q+1;/p-1. The van der Waals surface area contributed by atoms with Crippen LogP contribution >= 0.6 is 0 Å². The molecule has 212 valence electrons. The van der Waals surface area contributed by atoms with Crippen molar-refractivity contribution in [2.45, 2.75) is 110 Å². The van der Waals surface area contributed by atoms with Crippen molar-refractivity contribution in [2.75, 3.05) is 20.8 Å². The number of fused-ring (bicyclic) bond motifs is 1. The smallest absolute Gasteiger partial charge is 0.184 e. The van der Waals surface area contributed by atoms with Gasteiger partial charge in [-0.1, -0.05) is 96.1 Å². The Labute approximate surface area is 237 Å². The highest BCUT2D eigenvalue weighted by Gasteiger charge is 2.28. The van der Waals surface area contributed by atoms with Crippen molar-refractivity contribution in [2.24, 2.45) is 0 Å². The molecule has 1 aliphatic heterocycles. The van der Waals surface area contributed by atoms with Crippen LogP contribution in [0.3, 0.4) is 0 Å². The first kappa shape index (κ1) is 32.1. The van der Waals surface area contributed by atoms with E-state index >= 15 is 0 Å². The normalized spacial score (nSPS) is 12.7. The Morgan fingerprint density at radius 2 is 1.32 bits per heavy atom. The highest BCUT2D eigenvalue weighted by molar-refractivity contribution is 5.99. The first-order valence-corrected chi connectivity index (χ1v) is 14.8. The van der Waals surface area contributed by atoms with Crippen LogP contribution in [0.25, 0.3) is 0 Å². The van der Waals surface area contributed by atoms with Crippen molar-refractivity contribution in [3.8, 4) is 11.5 Å². The van der Waals surface area contributed by atoms with Crippen molar-refractivity contribution in [3.05, 3.63) is 58.9 Å². The van der Waals surface area contributed by atoms with E-state index in [0.29, 0.717) is 6.54 Å². The second-order valence-electron chi connectivity index (χ2n) is 10.6. The number of unbranched alkanes of at least 4 members (excludes halogenated alkanes) is 12. The summed E-state index contributed by atoms with van der Waals surface area (Å²) in [5, 5.41) is 0. The molecule has 3 rings (SSSR count). The summed E-state index contributed by atoms with van der Waals surface area (Å²) in [5.41, 5.74) is 4.61. The molecule has 0 saturated heterocycles. The van der Waals surface area contributed by atoms with Gasteiger partial charge in [-0.15, -0.1) is 0 Å². The Bertz CT molecular complexity index is 991. The summed E-state index contributed by atoms with van der Waals surface area (Å²) in [4.78, 5) is 0. The summed E-state index contributed by atoms with van der Waals surface area (Å²) < 4.78 is 28.1. The predicted octanol–water partition coefficient (Wildman–Crippen LogP) is 5.89. The van der Waals surface area contributed by atoms with Crippen LogP contribution in [0.1, 0.15) is 114 Å². The molecule has 0 amide bonds. The molecule has 0 bridgehead atoms. The lowest BCUT2D eigenvalue weighted by molar-refractivity contribution is -0.546. The zero-order valence-electron chi connectivity index (χ0n) is 24.0. The Morgan fingerprint density at radius 1 is 0.763 bits per heavy atom. The van der Waals surface area contributed by atoms with E-state index in [1.807, 2.05) is 12.1 Å². The summed E-state index contributed by atoms with van der Waals surface area (Å²) >= 11 is 0. The fourth-order valence-electron chi connectivity index (χ4n) is 5.57. The van der Waals surface area contributed by atoms with Gasteiger partial charge in [-0.25, -0.2) is 8.97 Å². The molecule has 0 fully saturated rings. The van der Waals surface area contributed by atoms with E-state index in [2.05, 4.69) is 23.6 Å². The van der Waals surface area contributed by atoms with Gasteiger partial charge in [0, 0.05) is 18.4 Å². The van der Waals surface area contributed by atoms with Gasteiger partial charge in [-0.05, 0) is 36.2 Å². The van der Waals surface area contributed by atoms with E-state index in [1.54, 1.807) is 26.4 Å². The summed E-state index contributed by atoms with van der Waals surface area (Å²) in [6.45, 7) is 3.78. The zero-order valence-corrected chi connectivity index (χ0v) is 24.8. The number of hydrogen-bond acceptors (Lipinski definition) is 2. The molecule has 0 N–H and O–H groups in total. The maximum absolute atomic E-state index is 14.5. The Morgan fingerprint density at radius 3 is 1.89 bits per heavy atom. The number of nitrogens with zero attached hydrogens (tertiary/aromatic N) is 1. The van der Waals surface area contributed by atoms with Crippen molar-refractivity contribution < 1.29 is 30.8 Å². The largest absolute Gasteiger partial charge is 1.00 e.